The predicted molar refractivity (Wildman–Crippen MR) is 98.8 cm³/mol. The van der Waals surface area contributed by atoms with Crippen LogP contribution in [0.2, 0.25) is 0 Å². The third-order valence-electron chi connectivity index (χ3n) is 3.05. The largest absolute Gasteiger partial charge is 0.464 e. The van der Waals surface area contributed by atoms with E-state index in [1.165, 1.54) is 19.2 Å². The van der Waals surface area contributed by atoms with Crippen LogP contribution in [-0.2, 0) is 4.74 Å². The number of hydrogen-bond donors (Lipinski definition) is 1. The predicted octanol–water partition coefficient (Wildman–Crippen LogP) is 5.94. The fraction of sp³-hybridized carbons (Fsp3) is 0.250. The van der Waals surface area contributed by atoms with Crippen molar-refractivity contribution in [2.75, 3.05) is 7.11 Å². The second kappa shape index (κ2) is 10.1. The van der Waals surface area contributed by atoms with Gasteiger partial charge in [0.05, 0.1) is 12.6 Å². The minimum atomic E-state index is -0.545. The van der Waals surface area contributed by atoms with E-state index < -0.39 is 11.8 Å². The number of carbonyl (C=O) groups excluding carboxylic acids is 1. The number of nitrogens with one attached hydrogen (secondary N) is 1. The van der Waals surface area contributed by atoms with Crippen LogP contribution in [0.4, 0.5) is 4.39 Å². The normalized spacial score (nSPS) is 9.36. The van der Waals surface area contributed by atoms with Crippen LogP contribution in [0.3, 0.4) is 0 Å². The first-order valence-corrected chi connectivity index (χ1v) is 8.31. The second-order valence-electron chi connectivity index (χ2n) is 4.46. The van der Waals surface area contributed by atoms with Crippen LogP contribution >= 0.6 is 0 Å². The van der Waals surface area contributed by atoms with Gasteiger partial charge in [-0.25, -0.2) is 9.18 Å². The topological polar surface area (TPSA) is 51.3 Å². The fourth-order valence-electron chi connectivity index (χ4n) is 2.07. The lowest BCUT2D eigenvalue weighted by Crippen LogP contribution is -2.00. The van der Waals surface area contributed by atoms with Gasteiger partial charge in [0, 0.05) is 17.5 Å². The average molecular weight is 345 g/mol. The fourth-order valence-corrected chi connectivity index (χ4v) is 2.07. The van der Waals surface area contributed by atoms with Crippen LogP contribution in [0.25, 0.3) is 10.9 Å². The van der Waals surface area contributed by atoms with Gasteiger partial charge in [0.2, 0.25) is 0 Å². The molecule has 4 nitrogen and oxygen atoms in total. The van der Waals surface area contributed by atoms with Crippen LogP contribution in [0, 0.1) is 5.82 Å². The zero-order chi connectivity index (χ0) is 18.8. The number of benzene rings is 2. The van der Waals surface area contributed by atoms with E-state index in [0.29, 0.717) is 22.4 Å². The number of aromatic nitrogens is 1. The average Bonchev–Trinajstić information content (AvgIpc) is 3.10. The molecule has 1 aromatic heterocycles. The number of rotatable bonds is 3. The summed E-state index contributed by atoms with van der Waals surface area (Å²) < 4.78 is 24.3. The van der Waals surface area contributed by atoms with Gasteiger partial charge in [0.15, 0.2) is 0 Å². The summed E-state index contributed by atoms with van der Waals surface area (Å²) in [5.41, 5.74) is 0.671. The van der Waals surface area contributed by atoms with Crippen molar-refractivity contribution in [1.29, 1.82) is 0 Å². The summed E-state index contributed by atoms with van der Waals surface area (Å²) in [5, 5.41) is 0.316. The van der Waals surface area contributed by atoms with Crippen molar-refractivity contribution in [2.24, 2.45) is 0 Å². The molecule has 1 heterocycles. The maximum absolute atomic E-state index is 14.1. The van der Waals surface area contributed by atoms with E-state index in [4.69, 9.17) is 4.74 Å². The van der Waals surface area contributed by atoms with Crippen molar-refractivity contribution >= 4 is 16.9 Å². The van der Waals surface area contributed by atoms with Crippen LogP contribution in [0.5, 0.6) is 11.5 Å². The number of H-pyrrole nitrogens is 1. The van der Waals surface area contributed by atoms with Crippen molar-refractivity contribution < 1.29 is 18.7 Å². The minimum absolute atomic E-state index is 0.197. The molecule has 0 unspecified atom stereocenters. The van der Waals surface area contributed by atoms with Crippen LogP contribution in [0.15, 0.2) is 48.5 Å². The van der Waals surface area contributed by atoms with Crippen LogP contribution in [-0.4, -0.2) is 18.1 Å². The lowest BCUT2D eigenvalue weighted by atomic mass is 10.2. The van der Waals surface area contributed by atoms with Crippen molar-refractivity contribution in [3.8, 4) is 11.5 Å². The molecule has 0 atom stereocenters. The van der Waals surface area contributed by atoms with Gasteiger partial charge >= 0.3 is 5.97 Å². The molecule has 3 rings (SSSR count). The number of para-hydroxylation sites is 1. The monoisotopic (exact) mass is 345 g/mol. The molecule has 0 spiro atoms. The van der Waals surface area contributed by atoms with E-state index in [-0.39, 0.29) is 5.69 Å². The highest BCUT2D eigenvalue weighted by Gasteiger charge is 2.13. The molecule has 1 N–H and O–H groups in total. The van der Waals surface area contributed by atoms with Gasteiger partial charge in [-0.1, -0.05) is 45.9 Å². The van der Waals surface area contributed by atoms with E-state index in [9.17, 15) is 9.18 Å². The zero-order valence-corrected chi connectivity index (χ0v) is 15.2. The molecule has 134 valence electrons. The Morgan fingerprint density at radius 3 is 2.20 bits per heavy atom. The van der Waals surface area contributed by atoms with E-state index in [1.54, 1.807) is 18.2 Å². The molecule has 25 heavy (non-hydrogen) atoms. The zero-order valence-electron chi connectivity index (χ0n) is 15.2. The van der Waals surface area contributed by atoms with Crippen molar-refractivity contribution in [3.05, 3.63) is 60.0 Å². The van der Waals surface area contributed by atoms with Gasteiger partial charge in [-0.15, -0.1) is 0 Å². The van der Waals surface area contributed by atoms with Gasteiger partial charge in [-0.05, 0) is 18.2 Å². The molecule has 0 saturated heterocycles. The molecule has 0 aliphatic heterocycles. The lowest BCUT2D eigenvalue weighted by molar-refractivity contribution is 0.0595. The molecular formula is C20H24FNO3. The number of hydrogen-bond acceptors (Lipinski definition) is 3. The van der Waals surface area contributed by atoms with Crippen molar-refractivity contribution in [3.63, 3.8) is 0 Å². The third-order valence-corrected chi connectivity index (χ3v) is 3.05. The summed E-state index contributed by atoms with van der Waals surface area (Å²) >= 11 is 0. The Hall–Kier alpha value is -2.82. The SMILES string of the molecule is CC.CC.COC(=O)c1cc2c(F)cc(Oc3ccccc3)cc2[nH]1. The maximum Gasteiger partial charge on any atom is 0.354 e. The first kappa shape index (κ1) is 20.2. The van der Waals surface area contributed by atoms with Gasteiger partial charge in [0.1, 0.15) is 23.0 Å². The highest BCUT2D eigenvalue weighted by molar-refractivity contribution is 5.95. The molecule has 0 radical (unpaired) electrons. The Morgan fingerprint density at radius 2 is 1.60 bits per heavy atom. The van der Waals surface area contributed by atoms with Crippen LogP contribution in [0.1, 0.15) is 38.2 Å². The number of halogens is 1. The van der Waals surface area contributed by atoms with Crippen molar-refractivity contribution in [1.82, 2.24) is 4.98 Å². The van der Waals surface area contributed by atoms with Gasteiger partial charge < -0.3 is 14.5 Å². The van der Waals surface area contributed by atoms with E-state index in [1.807, 2.05) is 45.9 Å². The summed E-state index contributed by atoms with van der Waals surface area (Å²) in [6, 6.07) is 13.4. The number of esters is 1. The summed E-state index contributed by atoms with van der Waals surface area (Å²) in [7, 11) is 1.27. The summed E-state index contributed by atoms with van der Waals surface area (Å²) in [4.78, 5) is 14.3. The van der Waals surface area contributed by atoms with Crippen molar-refractivity contribution in [2.45, 2.75) is 27.7 Å². The maximum atomic E-state index is 14.1. The number of aromatic amines is 1. The number of carbonyl (C=O) groups is 1. The highest BCUT2D eigenvalue weighted by atomic mass is 19.1. The Labute approximate surface area is 147 Å². The standard InChI is InChI=1S/C16H12FNO3.2C2H6/c1-20-16(19)15-9-12-13(17)7-11(8-14(12)18-15)21-10-5-3-2-4-6-10;2*1-2/h2-9,18H,1H3;2*1-2H3. The highest BCUT2D eigenvalue weighted by Crippen LogP contribution is 2.28. The van der Waals surface area contributed by atoms with Gasteiger partial charge in [0.25, 0.3) is 0 Å². The first-order chi connectivity index (χ1) is 12.2. The summed E-state index contributed by atoms with van der Waals surface area (Å²) in [6.07, 6.45) is 0. The summed E-state index contributed by atoms with van der Waals surface area (Å²) in [6.45, 7) is 8.00. The first-order valence-electron chi connectivity index (χ1n) is 8.31. The number of methoxy groups -OCH3 is 1. The van der Waals surface area contributed by atoms with E-state index in [0.717, 1.165) is 0 Å². The smallest absolute Gasteiger partial charge is 0.354 e. The number of ether oxygens (including phenoxy) is 2. The molecule has 3 aromatic rings. The quantitative estimate of drug-likeness (QED) is 0.598. The minimum Gasteiger partial charge on any atom is -0.464 e. The Morgan fingerprint density at radius 1 is 0.960 bits per heavy atom. The molecule has 0 bridgehead atoms. The van der Waals surface area contributed by atoms with Gasteiger partial charge in [-0.2, -0.15) is 0 Å². The van der Waals surface area contributed by atoms with E-state index >= 15 is 0 Å². The Bertz CT molecular complexity index is 797. The number of fused-ring (bicyclic) bond motifs is 1. The molecule has 0 aliphatic rings. The molecule has 2 aromatic carbocycles. The van der Waals surface area contributed by atoms with E-state index in [2.05, 4.69) is 9.72 Å². The molecule has 5 heteroatoms. The van der Waals surface area contributed by atoms with Gasteiger partial charge in [-0.3, -0.25) is 0 Å². The molecule has 0 aliphatic carbocycles. The summed E-state index contributed by atoms with van der Waals surface area (Å²) in [5.74, 6) is -0.0542. The molecule has 0 saturated carbocycles. The van der Waals surface area contributed by atoms with Crippen LogP contribution < -0.4 is 4.74 Å². The molecule has 0 fully saturated rings. The molecular weight excluding hydrogens is 321 g/mol. The Balaban J connectivity index is 0.000000730. The second-order valence-corrected chi connectivity index (χ2v) is 4.46. The molecule has 0 amide bonds. The Kier molecular flexibility index (Phi) is 8.19. The third kappa shape index (κ3) is 5.08. The lowest BCUT2D eigenvalue weighted by Gasteiger charge is -2.05.